The van der Waals surface area contributed by atoms with Crippen LogP contribution in [0, 0.1) is 11.3 Å². The summed E-state index contributed by atoms with van der Waals surface area (Å²) < 4.78 is 0. The lowest BCUT2D eigenvalue weighted by atomic mass is 9.74. The number of nitrogens with one attached hydrogen (secondary N) is 1. The molecule has 0 aromatic heterocycles. The van der Waals surface area contributed by atoms with E-state index in [-0.39, 0.29) is 29.8 Å². The summed E-state index contributed by atoms with van der Waals surface area (Å²) in [5.74, 6) is -0.0745. The average molecular weight is 294 g/mol. The number of aliphatic hydroxyl groups excluding tert-OH is 1. The van der Waals surface area contributed by atoms with E-state index in [1.54, 1.807) is 0 Å². The summed E-state index contributed by atoms with van der Waals surface area (Å²) in [4.78, 5) is 26.1. The van der Waals surface area contributed by atoms with Crippen LogP contribution in [-0.2, 0) is 9.59 Å². The predicted molar refractivity (Wildman–Crippen MR) is 78.5 cm³/mol. The minimum absolute atomic E-state index is 0.00935. The first-order valence-electron chi connectivity index (χ1n) is 8.32. The molecule has 2 saturated carbocycles. The number of amides is 2. The van der Waals surface area contributed by atoms with Crippen LogP contribution in [0.4, 0.5) is 0 Å². The SMILES string of the molecule is O=C(NCC1(CO)CCCCC1)C1CC(=O)N(C2CC2)C1. The Labute approximate surface area is 126 Å². The summed E-state index contributed by atoms with van der Waals surface area (Å²) in [6.45, 7) is 1.28. The van der Waals surface area contributed by atoms with Gasteiger partial charge in [0.05, 0.1) is 12.5 Å². The van der Waals surface area contributed by atoms with Gasteiger partial charge < -0.3 is 15.3 Å². The lowest BCUT2D eigenvalue weighted by Crippen LogP contribution is -2.43. The molecule has 3 aliphatic rings. The second-order valence-electron chi connectivity index (χ2n) is 7.11. The maximum absolute atomic E-state index is 12.3. The molecule has 21 heavy (non-hydrogen) atoms. The van der Waals surface area contributed by atoms with Crippen molar-refractivity contribution in [3.63, 3.8) is 0 Å². The van der Waals surface area contributed by atoms with E-state index in [4.69, 9.17) is 0 Å². The molecule has 1 heterocycles. The Bertz CT molecular complexity index is 414. The lowest BCUT2D eigenvalue weighted by molar-refractivity contribution is -0.129. The number of carbonyl (C=O) groups is 2. The number of aliphatic hydroxyl groups is 1. The van der Waals surface area contributed by atoms with Gasteiger partial charge in [-0.3, -0.25) is 9.59 Å². The van der Waals surface area contributed by atoms with E-state index in [0.717, 1.165) is 38.5 Å². The lowest BCUT2D eigenvalue weighted by Gasteiger charge is -2.35. The zero-order chi connectivity index (χ0) is 14.9. The van der Waals surface area contributed by atoms with Crippen LogP contribution in [0.2, 0.25) is 0 Å². The van der Waals surface area contributed by atoms with Crippen LogP contribution >= 0.6 is 0 Å². The number of likely N-dealkylation sites (tertiary alicyclic amines) is 1. The van der Waals surface area contributed by atoms with Crippen molar-refractivity contribution in [2.24, 2.45) is 11.3 Å². The van der Waals surface area contributed by atoms with Gasteiger partial charge in [-0.25, -0.2) is 0 Å². The molecule has 1 saturated heterocycles. The zero-order valence-electron chi connectivity index (χ0n) is 12.6. The van der Waals surface area contributed by atoms with Crippen molar-refractivity contribution in [3.05, 3.63) is 0 Å². The van der Waals surface area contributed by atoms with E-state index in [2.05, 4.69) is 5.32 Å². The average Bonchev–Trinajstić information content (AvgIpc) is 3.28. The number of rotatable bonds is 5. The van der Waals surface area contributed by atoms with Crippen LogP contribution in [0.15, 0.2) is 0 Å². The Morgan fingerprint density at radius 1 is 1.29 bits per heavy atom. The fraction of sp³-hybridized carbons (Fsp3) is 0.875. The molecule has 1 unspecified atom stereocenters. The highest BCUT2D eigenvalue weighted by Crippen LogP contribution is 2.36. The summed E-state index contributed by atoms with van der Waals surface area (Å²) in [6.07, 6.45) is 8.00. The summed E-state index contributed by atoms with van der Waals surface area (Å²) in [5, 5.41) is 12.7. The molecule has 3 fully saturated rings. The highest BCUT2D eigenvalue weighted by atomic mass is 16.3. The topological polar surface area (TPSA) is 69.6 Å². The molecule has 0 aromatic carbocycles. The normalized spacial score (nSPS) is 28.7. The summed E-state index contributed by atoms with van der Waals surface area (Å²) in [5.41, 5.74) is -0.132. The van der Waals surface area contributed by atoms with Gasteiger partial charge in [-0.05, 0) is 25.7 Å². The minimum atomic E-state index is -0.197. The summed E-state index contributed by atoms with van der Waals surface area (Å²) in [7, 11) is 0. The van der Waals surface area contributed by atoms with E-state index >= 15 is 0 Å². The third-order valence-electron chi connectivity index (χ3n) is 5.40. The quantitative estimate of drug-likeness (QED) is 0.796. The molecule has 1 aliphatic heterocycles. The number of carbonyl (C=O) groups excluding carboxylic acids is 2. The van der Waals surface area contributed by atoms with Crippen molar-refractivity contribution in [2.75, 3.05) is 19.7 Å². The van der Waals surface area contributed by atoms with Crippen LogP contribution in [0.25, 0.3) is 0 Å². The van der Waals surface area contributed by atoms with Crippen molar-refractivity contribution in [1.29, 1.82) is 0 Å². The molecular weight excluding hydrogens is 268 g/mol. The standard InChI is InChI=1S/C16H26N2O3/c19-11-16(6-2-1-3-7-16)10-17-15(21)12-8-14(20)18(9-12)13-4-5-13/h12-13,19H,1-11H2,(H,17,21). The van der Waals surface area contributed by atoms with Gasteiger partial charge in [0.2, 0.25) is 11.8 Å². The minimum Gasteiger partial charge on any atom is -0.396 e. The number of hydrogen-bond acceptors (Lipinski definition) is 3. The van der Waals surface area contributed by atoms with Gasteiger partial charge in [-0.2, -0.15) is 0 Å². The maximum atomic E-state index is 12.3. The van der Waals surface area contributed by atoms with Crippen molar-refractivity contribution in [3.8, 4) is 0 Å². The molecule has 1 atom stereocenters. The second-order valence-corrected chi connectivity index (χ2v) is 7.11. The number of hydrogen-bond donors (Lipinski definition) is 2. The molecular formula is C16H26N2O3. The fourth-order valence-electron chi connectivity index (χ4n) is 3.76. The largest absolute Gasteiger partial charge is 0.396 e. The third-order valence-corrected chi connectivity index (χ3v) is 5.40. The first-order chi connectivity index (χ1) is 10.1. The van der Waals surface area contributed by atoms with Crippen LogP contribution in [-0.4, -0.2) is 47.6 Å². The molecule has 0 spiro atoms. The summed E-state index contributed by atoms with van der Waals surface area (Å²) >= 11 is 0. The zero-order valence-corrected chi connectivity index (χ0v) is 12.6. The molecule has 3 rings (SSSR count). The molecule has 0 aromatic rings. The Morgan fingerprint density at radius 3 is 2.62 bits per heavy atom. The van der Waals surface area contributed by atoms with Crippen LogP contribution in [0.3, 0.4) is 0 Å². The monoisotopic (exact) mass is 294 g/mol. The van der Waals surface area contributed by atoms with Crippen LogP contribution < -0.4 is 5.32 Å². The van der Waals surface area contributed by atoms with Crippen LogP contribution in [0.5, 0.6) is 0 Å². The predicted octanol–water partition coefficient (Wildman–Crippen LogP) is 1.06. The maximum Gasteiger partial charge on any atom is 0.225 e. The molecule has 118 valence electrons. The van der Waals surface area contributed by atoms with Crippen molar-refractivity contribution < 1.29 is 14.7 Å². The van der Waals surface area contributed by atoms with Gasteiger partial charge in [0.15, 0.2) is 0 Å². The third kappa shape index (κ3) is 3.23. The smallest absolute Gasteiger partial charge is 0.225 e. The van der Waals surface area contributed by atoms with E-state index in [9.17, 15) is 14.7 Å². The van der Waals surface area contributed by atoms with Gasteiger partial charge in [0, 0.05) is 31.0 Å². The van der Waals surface area contributed by atoms with E-state index in [1.165, 1.54) is 6.42 Å². The van der Waals surface area contributed by atoms with Gasteiger partial charge in [0.1, 0.15) is 0 Å². The van der Waals surface area contributed by atoms with Crippen LogP contribution in [0.1, 0.15) is 51.4 Å². The fourth-order valence-corrected chi connectivity index (χ4v) is 3.76. The van der Waals surface area contributed by atoms with E-state index in [1.807, 2.05) is 4.90 Å². The molecule has 2 aliphatic carbocycles. The van der Waals surface area contributed by atoms with E-state index < -0.39 is 0 Å². The number of nitrogens with zero attached hydrogens (tertiary/aromatic N) is 1. The van der Waals surface area contributed by atoms with Gasteiger partial charge in [-0.1, -0.05) is 19.3 Å². The molecule has 5 nitrogen and oxygen atoms in total. The van der Waals surface area contributed by atoms with Crippen molar-refractivity contribution >= 4 is 11.8 Å². The molecule has 0 radical (unpaired) electrons. The Balaban J connectivity index is 1.50. The van der Waals surface area contributed by atoms with Gasteiger partial charge in [0.25, 0.3) is 0 Å². The highest BCUT2D eigenvalue weighted by molar-refractivity contribution is 5.89. The Hall–Kier alpha value is -1.10. The highest BCUT2D eigenvalue weighted by Gasteiger charge is 2.42. The van der Waals surface area contributed by atoms with E-state index in [0.29, 0.717) is 25.6 Å². The Morgan fingerprint density at radius 2 is 2.00 bits per heavy atom. The molecule has 0 bridgehead atoms. The second kappa shape index (κ2) is 5.95. The van der Waals surface area contributed by atoms with Crippen molar-refractivity contribution in [2.45, 2.75) is 57.4 Å². The van der Waals surface area contributed by atoms with Gasteiger partial charge in [-0.15, -0.1) is 0 Å². The van der Waals surface area contributed by atoms with Crippen molar-refractivity contribution in [1.82, 2.24) is 10.2 Å². The first-order valence-corrected chi connectivity index (χ1v) is 8.32. The summed E-state index contributed by atoms with van der Waals surface area (Å²) in [6, 6.07) is 0.400. The van der Waals surface area contributed by atoms with Gasteiger partial charge >= 0.3 is 0 Å². The Kier molecular flexibility index (Phi) is 4.20. The molecule has 2 N–H and O–H groups in total. The molecule has 2 amide bonds. The first kappa shape index (κ1) is 14.8. The molecule has 5 heteroatoms.